The Labute approximate surface area is 179 Å². The van der Waals surface area contributed by atoms with Crippen LogP contribution in [-0.4, -0.2) is 46.5 Å². The monoisotopic (exact) mass is 436 g/mol. The van der Waals surface area contributed by atoms with Crippen molar-refractivity contribution in [3.8, 4) is 5.75 Å². The van der Waals surface area contributed by atoms with Crippen molar-refractivity contribution in [2.75, 3.05) is 19.0 Å². The zero-order valence-electron chi connectivity index (χ0n) is 17.7. The topological polar surface area (TPSA) is 101 Å². The Morgan fingerprint density at radius 1 is 1.32 bits per heavy atom. The number of amides is 1. The summed E-state index contributed by atoms with van der Waals surface area (Å²) in [4.78, 5) is 17.1. The van der Waals surface area contributed by atoms with E-state index in [4.69, 9.17) is 14.6 Å². The molecule has 3 N–H and O–H groups in total. The summed E-state index contributed by atoms with van der Waals surface area (Å²) in [6.07, 6.45) is -0.760. The van der Waals surface area contributed by atoms with Gasteiger partial charge in [-0.25, -0.2) is 4.39 Å². The molecule has 0 bridgehead atoms. The quantitative estimate of drug-likeness (QED) is 0.644. The van der Waals surface area contributed by atoms with Crippen molar-refractivity contribution < 1.29 is 33.3 Å². The van der Waals surface area contributed by atoms with E-state index >= 15 is 0 Å². The fourth-order valence-electron chi connectivity index (χ4n) is 3.85. The van der Waals surface area contributed by atoms with E-state index in [2.05, 4.69) is 10.3 Å². The Hall–Kier alpha value is -2.62. The summed E-state index contributed by atoms with van der Waals surface area (Å²) < 4.78 is 39.2. The molecule has 2 heterocycles. The van der Waals surface area contributed by atoms with Gasteiger partial charge in [0, 0.05) is 11.5 Å². The van der Waals surface area contributed by atoms with E-state index in [1.54, 1.807) is 0 Å². The fraction of sp³-hybridized carbons (Fsp3) is 0.455. The Kier molecular flexibility index (Phi) is 6.59. The molecule has 1 aromatic carbocycles. The normalized spacial score (nSPS) is 23.4. The number of nitrogens with one attached hydrogen (secondary N) is 1. The maximum absolute atomic E-state index is 14.4. The van der Waals surface area contributed by atoms with Crippen molar-refractivity contribution in [2.45, 2.75) is 44.5 Å². The summed E-state index contributed by atoms with van der Waals surface area (Å²) in [6, 6.07) is 5.44. The van der Waals surface area contributed by atoms with Crippen LogP contribution in [0.4, 0.5) is 14.5 Å². The summed E-state index contributed by atoms with van der Waals surface area (Å²) in [5.74, 6) is -3.70. The molecule has 0 aliphatic carbocycles. The molecular formula is C22H26F2N2O5. The van der Waals surface area contributed by atoms with Crippen LogP contribution in [0.5, 0.6) is 5.75 Å². The Morgan fingerprint density at radius 2 is 2.03 bits per heavy atom. The second kappa shape index (κ2) is 8.86. The number of nitrogens with zero attached hydrogens (tertiary/aromatic N) is 1. The number of carbonyl (C=O) groups is 1. The van der Waals surface area contributed by atoms with Gasteiger partial charge < -0.3 is 25.0 Å². The highest BCUT2D eigenvalue weighted by Gasteiger charge is 2.51. The van der Waals surface area contributed by atoms with Gasteiger partial charge in [-0.1, -0.05) is 13.0 Å². The average molecular weight is 436 g/mol. The van der Waals surface area contributed by atoms with Crippen LogP contribution in [0.2, 0.25) is 0 Å². The lowest BCUT2D eigenvalue weighted by atomic mass is 9.78. The van der Waals surface area contributed by atoms with Crippen molar-refractivity contribution in [1.29, 1.82) is 0 Å². The van der Waals surface area contributed by atoms with E-state index in [1.807, 2.05) is 20.8 Å². The van der Waals surface area contributed by atoms with Crippen molar-refractivity contribution in [3.05, 3.63) is 53.4 Å². The second-order valence-corrected chi connectivity index (χ2v) is 8.10. The molecule has 7 nitrogen and oxygen atoms in total. The zero-order chi connectivity index (χ0) is 22.9. The van der Waals surface area contributed by atoms with Crippen LogP contribution in [0, 0.1) is 17.6 Å². The van der Waals surface area contributed by atoms with Gasteiger partial charge in [0.2, 0.25) is 5.82 Å². The van der Waals surface area contributed by atoms with E-state index in [0.29, 0.717) is 11.3 Å². The first-order chi connectivity index (χ1) is 14.6. The van der Waals surface area contributed by atoms with Crippen LogP contribution in [0.25, 0.3) is 0 Å². The number of benzene rings is 1. The molecule has 1 saturated heterocycles. The Bertz CT molecular complexity index is 952. The number of anilines is 1. The lowest BCUT2D eigenvalue weighted by Gasteiger charge is -2.25. The fourth-order valence-corrected chi connectivity index (χ4v) is 3.85. The van der Waals surface area contributed by atoms with Gasteiger partial charge in [0.05, 0.1) is 36.9 Å². The maximum Gasteiger partial charge on any atom is 0.254 e. The molecule has 168 valence electrons. The summed E-state index contributed by atoms with van der Waals surface area (Å²) in [6.45, 7) is 5.07. The number of rotatable bonds is 6. The Balaban J connectivity index is 1.91. The molecule has 1 aliphatic heterocycles. The molecule has 1 aromatic heterocycles. The molecule has 4 atom stereocenters. The Morgan fingerprint density at radius 3 is 2.61 bits per heavy atom. The number of halogens is 2. The third kappa shape index (κ3) is 4.39. The molecule has 2 aromatic rings. The van der Waals surface area contributed by atoms with Gasteiger partial charge in [-0.2, -0.15) is 4.39 Å². The van der Waals surface area contributed by atoms with Gasteiger partial charge in [-0.05, 0) is 38.0 Å². The van der Waals surface area contributed by atoms with Crippen LogP contribution < -0.4 is 10.1 Å². The van der Waals surface area contributed by atoms with Crippen molar-refractivity contribution >= 4 is 11.6 Å². The molecule has 0 radical (unpaired) electrons. The van der Waals surface area contributed by atoms with Gasteiger partial charge in [0.1, 0.15) is 12.2 Å². The van der Waals surface area contributed by atoms with Crippen molar-refractivity contribution in [2.24, 2.45) is 5.92 Å². The summed E-state index contributed by atoms with van der Waals surface area (Å²) in [5, 5.41) is 21.3. The molecule has 0 unspecified atom stereocenters. The lowest BCUT2D eigenvalue weighted by Crippen LogP contribution is -2.33. The van der Waals surface area contributed by atoms with E-state index < -0.39 is 47.9 Å². The minimum atomic E-state index is -1.12. The van der Waals surface area contributed by atoms with Crippen molar-refractivity contribution in [1.82, 2.24) is 4.98 Å². The zero-order valence-corrected chi connectivity index (χ0v) is 17.7. The van der Waals surface area contributed by atoms with Crippen LogP contribution in [0.1, 0.15) is 44.1 Å². The van der Waals surface area contributed by atoms with Gasteiger partial charge in [0.15, 0.2) is 11.6 Å². The van der Waals surface area contributed by atoms with Crippen LogP contribution in [-0.2, 0) is 9.53 Å². The lowest BCUT2D eigenvalue weighted by molar-refractivity contribution is -0.131. The summed E-state index contributed by atoms with van der Waals surface area (Å²) in [7, 11) is 1.25. The third-order valence-corrected chi connectivity index (χ3v) is 5.86. The first-order valence-corrected chi connectivity index (χ1v) is 9.86. The largest absolute Gasteiger partial charge is 0.493 e. The van der Waals surface area contributed by atoms with Crippen LogP contribution in [0.15, 0.2) is 30.5 Å². The molecule has 1 amide bonds. The highest BCUT2D eigenvalue weighted by molar-refractivity contribution is 5.95. The number of methoxy groups -OCH3 is 1. The highest BCUT2D eigenvalue weighted by Crippen LogP contribution is 2.49. The standard InChI is InChI=1S/C22H26F2N2O5/c1-11-17(13-6-7-14(23)18(24)19(13)30-4)20(31-22(11,2)3)21(29)26-12-5-8-15(25-9-12)16(28)10-27/h5-9,11,16-17,20,27-28H,10H2,1-4H3,(H,26,29)/t11-,16-,17-,20+/m1/s1. The molecule has 1 aliphatic rings. The smallest absolute Gasteiger partial charge is 0.254 e. The van der Waals surface area contributed by atoms with Gasteiger partial charge in [-0.15, -0.1) is 0 Å². The van der Waals surface area contributed by atoms with Gasteiger partial charge >= 0.3 is 0 Å². The summed E-state index contributed by atoms with van der Waals surface area (Å²) in [5.41, 5.74) is 0.252. The number of hydrogen-bond donors (Lipinski definition) is 3. The molecule has 31 heavy (non-hydrogen) atoms. The first-order valence-electron chi connectivity index (χ1n) is 9.86. The van der Waals surface area contributed by atoms with Crippen molar-refractivity contribution in [3.63, 3.8) is 0 Å². The minimum Gasteiger partial charge on any atom is -0.493 e. The average Bonchev–Trinajstić information content (AvgIpc) is 2.99. The van der Waals surface area contributed by atoms with E-state index in [0.717, 1.165) is 6.07 Å². The third-order valence-electron chi connectivity index (χ3n) is 5.86. The second-order valence-electron chi connectivity index (χ2n) is 8.10. The number of ether oxygens (including phenoxy) is 2. The predicted octanol–water partition coefficient (Wildman–Crippen LogP) is 2.93. The van der Waals surface area contributed by atoms with E-state index in [1.165, 1.54) is 31.5 Å². The molecule has 3 rings (SSSR count). The molecule has 9 heteroatoms. The van der Waals surface area contributed by atoms with Gasteiger partial charge in [-0.3, -0.25) is 9.78 Å². The molecule has 0 saturated carbocycles. The molecule has 0 spiro atoms. The van der Waals surface area contributed by atoms with Crippen LogP contribution in [0.3, 0.4) is 0 Å². The number of aromatic nitrogens is 1. The number of carbonyl (C=O) groups excluding carboxylic acids is 1. The van der Waals surface area contributed by atoms with Gasteiger partial charge in [0.25, 0.3) is 5.91 Å². The number of aliphatic hydroxyl groups is 2. The molecular weight excluding hydrogens is 410 g/mol. The molecule has 1 fully saturated rings. The first kappa shape index (κ1) is 23.1. The highest BCUT2D eigenvalue weighted by atomic mass is 19.2. The predicted molar refractivity (Wildman–Crippen MR) is 109 cm³/mol. The number of hydrogen-bond acceptors (Lipinski definition) is 6. The summed E-state index contributed by atoms with van der Waals surface area (Å²) >= 11 is 0. The number of pyridine rings is 1. The van der Waals surface area contributed by atoms with Crippen LogP contribution >= 0.6 is 0 Å². The maximum atomic E-state index is 14.4. The van der Waals surface area contributed by atoms with E-state index in [9.17, 15) is 18.7 Å². The van der Waals surface area contributed by atoms with E-state index in [-0.39, 0.29) is 17.4 Å². The number of aliphatic hydroxyl groups excluding tert-OH is 2. The SMILES string of the molecule is COc1c([C@@H]2[C@@H](C(=O)Nc3ccc([C@H](O)CO)nc3)OC(C)(C)[C@@H]2C)ccc(F)c1F. The minimum absolute atomic E-state index is 0.220.